The maximum atomic E-state index is 11.7. The third-order valence-electron chi connectivity index (χ3n) is 2.78. The molecule has 8 heteroatoms. The van der Waals surface area contributed by atoms with Crippen molar-refractivity contribution in [3.63, 3.8) is 0 Å². The highest BCUT2D eigenvalue weighted by Gasteiger charge is 2.12. The first-order chi connectivity index (χ1) is 11.1. The molecule has 1 aromatic heterocycles. The van der Waals surface area contributed by atoms with Crippen molar-refractivity contribution in [2.24, 2.45) is 0 Å². The average Bonchev–Trinajstić information content (AvgIpc) is 2.94. The Morgan fingerprint density at radius 1 is 1.39 bits per heavy atom. The summed E-state index contributed by atoms with van der Waals surface area (Å²) < 4.78 is 11.7. The zero-order valence-corrected chi connectivity index (χ0v) is 14.5. The number of aromatic nitrogens is 1. The molecular weight excluding hydrogens is 336 g/mol. The first-order valence-electron chi connectivity index (χ1n) is 7.00. The summed E-state index contributed by atoms with van der Waals surface area (Å²) in [4.78, 5) is 27.7. The van der Waals surface area contributed by atoms with Crippen molar-refractivity contribution < 1.29 is 19.1 Å². The van der Waals surface area contributed by atoms with Crippen molar-refractivity contribution >= 4 is 45.2 Å². The molecule has 1 aromatic carbocycles. The van der Waals surface area contributed by atoms with Gasteiger partial charge in [-0.15, -0.1) is 11.3 Å². The van der Waals surface area contributed by atoms with Gasteiger partial charge in [-0.3, -0.25) is 9.59 Å². The molecule has 0 bridgehead atoms. The van der Waals surface area contributed by atoms with E-state index in [4.69, 9.17) is 9.47 Å². The SMILES string of the molecule is COCC(C)NC(=O)COC(=O)CSc1nc2ccccc2s1. The van der Waals surface area contributed by atoms with E-state index >= 15 is 0 Å². The number of hydrogen-bond donors (Lipinski definition) is 1. The summed E-state index contributed by atoms with van der Waals surface area (Å²) in [6.07, 6.45) is 0. The van der Waals surface area contributed by atoms with Crippen molar-refractivity contribution in [2.75, 3.05) is 26.1 Å². The number of hydrogen-bond acceptors (Lipinski definition) is 7. The number of thiazole rings is 1. The normalized spacial score (nSPS) is 12.1. The van der Waals surface area contributed by atoms with Gasteiger partial charge in [0.15, 0.2) is 10.9 Å². The number of nitrogens with zero attached hydrogens (tertiary/aromatic N) is 1. The number of fused-ring (bicyclic) bond motifs is 1. The van der Waals surface area contributed by atoms with E-state index in [0.717, 1.165) is 14.6 Å². The van der Waals surface area contributed by atoms with Crippen molar-refractivity contribution in [1.82, 2.24) is 10.3 Å². The maximum Gasteiger partial charge on any atom is 0.316 e. The Morgan fingerprint density at radius 2 is 2.17 bits per heavy atom. The van der Waals surface area contributed by atoms with Gasteiger partial charge in [-0.2, -0.15) is 0 Å². The lowest BCUT2D eigenvalue weighted by Gasteiger charge is -2.12. The Hall–Kier alpha value is -1.64. The fourth-order valence-electron chi connectivity index (χ4n) is 1.83. The standard InChI is InChI=1S/C15H18N2O4S2/c1-10(7-20-2)16-13(18)8-21-14(19)9-22-15-17-11-5-3-4-6-12(11)23-15/h3-6,10H,7-9H2,1-2H3,(H,16,18). The van der Waals surface area contributed by atoms with Crippen LogP contribution in [0.4, 0.5) is 0 Å². The number of carbonyl (C=O) groups excluding carboxylic acids is 2. The van der Waals surface area contributed by atoms with Crippen molar-refractivity contribution in [2.45, 2.75) is 17.3 Å². The van der Waals surface area contributed by atoms with Gasteiger partial charge in [0.1, 0.15) is 0 Å². The predicted octanol–water partition coefficient (Wildman–Crippen LogP) is 2.08. The van der Waals surface area contributed by atoms with Crippen molar-refractivity contribution in [1.29, 1.82) is 0 Å². The van der Waals surface area contributed by atoms with E-state index < -0.39 is 5.97 Å². The highest BCUT2D eigenvalue weighted by atomic mass is 32.2. The zero-order chi connectivity index (χ0) is 16.7. The molecule has 0 aliphatic rings. The summed E-state index contributed by atoms with van der Waals surface area (Å²) in [6.45, 7) is 1.94. The predicted molar refractivity (Wildman–Crippen MR) is 90.8 cm³/mol. The molecule has 1 heterocycles. The van der Waals surface area contributed by atoms with E-state index in [2.05, 4.69) is 10.3 Å². The monoisotopic (exact) mass is 354 g/mol. The molecular formula is C15H18N2O4S2. The van der Waals surface area contributed by atoms with Crippen LogP contribution in [0.5, 0.6) is 0 Å². The van der Waals surface area contributed by atoms with E-state index in [1.54, 1.807) is 7.11 Å². The van der Waals surface area contributed by atoms with Gasteiger partial charge in [0.05, 0.1) is 22.6 Å². The summed E-state index contributed by atoms with van der Waals surface area (Å²) in [5.74, 6) is -0.655. The number of benzene rings is 1. The van der Waals surface area contributed by atoms with E-state index in [0.29, 0.717) is 6.61 Å². The summed E-state index contributed by atoms with van der Waals surface area (Å²) in [5.41, 5.74) is 0.917. The van der Waals surface area contributed by atoms with Gasteiger partial charge in [-0.1, -0.05) is 23.9 Å². The van der Waals surface area contributed by atoms with Crippen LogP contribution in [-0.4, -0.2) is 49.0 Å². The number of esters is 1. The minimum absolute atomic E-state index is 0.122. The van der Waals surface area contributed by atoms with Crippen LogP contribution in [0.1, 0.15) is 6.92 Å². The lowest BCUT2D eigenvalue weighted by atomic mass is 10.3. The molecule has 1 atom stereocenters. The van der Waals surface area contributed by atoms with Crippen LogP contribution in [-0.2, 0) is 19.1 Å². The van der Waals surface area contributed by atoms with Gasteiger partial charge >= 0.3 is 5.97 Å². The largest absolute Gasteiger partial charge is 0.455 e. The third-order valence-corrected chi connectivity index (χ3v) is 4.93. The Kier molecular flexibility index (Phi) is 6.82. The summed E-state index contributed by atoms with van der Waals surface area (Å²) in [5, 5.41) is 2.67. The van der Waals surface area contributed by atoms with Gasteiger partial charge in [0.2, 0.25) is 0 Å². The molecule has 0 aliphatic heterocycles. The lowest BCUT2D eigenvalue weighted by Crippen LogP contribution is -2.38. The Labute approximate surface area is 142 Å². The number of para-hydroxylation sites is 1. The lowest BCUT2D eigenvalue weighted by molar-refractivity contribution is -0.146. The minimum atomic E-state index is -0.441. The smallest absolute Gasteiger partial charge is 0.316 e. The molecule has 0 spiro atoms. The molecule has 124 valence electrons. The molecule has 0 saturated carbocycles. The molecule has 2 aromatic rings. The molecule has 23 heavy (non-hydrogen) atoms. The second-order valence-corrected chi connectivity index (χ2v) is 7.07. The summed E-state index contributed by atoms with van der Waals surface area (Å²) in [6, 6.07) is 7.67. The molecule has 1 unspecified atom stereocenters. The molecule has 2 rings (SSSR count). The van der Waals surface area contributed by atoms with Crippen LogP contribution in [0.15, 0.2) is 28.6 Å². The Balaban J connectivity index is 1.71. The third kappa shape index (κ3) is 5.81. The van der Waals surface area contributed by atoms with E-state index in [-0.39, 0.29) is 24.3 Å². The number of thioether (sulfide) groups is 1. The van der Waals surface area contributed by atoms with Gasteiger partial charge < -0.3 is 14.8 Å². The summed E-state index contributed by atoms with van der Waals surface area (Å²) >= 11 is 2.84. The summed E-state index contributed by atoms with van der Waals surface area (Å²) in [7, 11) is 1.56. The van der Waals surface area contributed by atoms with Crippen molar-refractivity contribution in [3.05, 3.63) is 24.3 Å². The molecule has 0 aliphatic carbocycles. The van der Waals surface area contributed by atoms with Crippen LogP contribution in [0.25, 0.3) is 10.2 Å². The zero-order valence-electron chi connectivity index (χ0n) is 12.9. The van der Waals surface area contributed by atoms with E-state index in [9.17, 15) is 9.59 Å². The van der Waals surface area contributed by atoms with Crippen LogP contribution in [0, 0.1) is 0 Å². The average molecular weight is 354 g/mol. The molecule has 0 radical (unpaired) electrons. The van der Waals surface area contributed by atoms with Crippen LogP contribution in [0.3, 0.4) is 0 Å². The first kappa shape index (κ1) is 17.7. The molecule has 1 amide bonds. The molecule has 6 nitrogen and oxygen atoms in total. The highest BCUT2D eigenvalue weighted by Crippen LogP contribution is 2.29. The van der Waals surface area contributed by atoms with Crippen LogP contribution >= 0.6 is 23.1 Å². The van der Waals surface area contributed by atoms with Crippen LogP contribution in [0.2, 0.25) is 0 Å². The minimum Gasteiger partial charge on any atom is -0.455 e. The molecule has 0 saturated heterocycles. The van der Waals surface area contributed by atoms with Gasteiger partial charge in [-0.25, -0.2) is 4.98 Å². The Morgan fingerprint density at radius 3 is 2.91 bits per heavy atom. The van der Waals surface area contributed by atoms with E-state index in [1.165, 1.54) is 23.1 Å². The fourth-order valence-corrected chi connectivity index (χ4v) is 3.70. The first-order valence-corrected chi connectivity index (χ1v) is 8.81. The van der Waals surface area contributed by atoms with Crippen LogP contribution < -0.4 is 5.32 Å². The molecule has 1 N–H and O–H groups in total. The van der Waals surface area contributed by atoms with Gasteiger partial charge in [-0.05, 0) is 19.1 Å². The Bertz CT molecular complexity index is 641. The topological polar surface area (TPSA) is 77.5 Å². The number of methoxy groups -OCH3 is 1. The maximum absolute atomic E-state index is 11.7. The highest BCUT2D eigenvalue weighted by molar-refractivity contribution is 8.01. The molecule has 0 fully saturated rings. The number of rotatable bonds is 8. The second-order valence-electron chi connectivity index (χ2n) is 4.82. The number of ether oxygens (including phenoxy) is 2. The second kappa shape index (κ2) is 8.85. The number of amides is 1. The van der Waals surface area contributed by atoms with Gasteiger partial charge in [0, 0.05) is 13.2 Å². The number of carbonyl (C=O) groups is 2. The number of nitrogens with one attached hydrogen (secondary N) is 1. The van der Waals surface area contributed by atoms with Crippen molar-refractivity contribution in [3.8, 4) is 0 Å². The van der Waals surface area contributed by atoms with Gasteiger partial charge in [0.25, 0.3) is 5.91 Å². The van der Waals surface area contributed by atoms with E-state index in [1.807, 2.05) is 31.2 Å². The quantitative estimate of drug-likeness (QED) is 0.578. The fraction of sp³-hybridized carbons (Fsp3) is 0.400.